The van der Waals surface area contributed by atoms with Crippen LogP contribution in [0.1, 0.15) is 12.5 Å². The molecule has 1 aromatic carbocycles. The van der Waals surface area contributed by atoms with E-state index < -0.39 is 0 Å². The summed E-state index contributed by atoms with van der Waals surface area (Å²) in [6, 6.07) is 8.33. The van der Waals surface area contributed by atoms with Crippen molar-refractivity contribution in [2.24, 2.45) is 0 Å². The second-order valence-corrected chi connectivity index (χ2v) is 4.79. The number of nitrogens with zero attached hydrogens (tertiary/aromatic N) is 2. The lowest BCUT2D eigenvalue weighted by Gasteiger charge is -2.23. The molecule has 0 aliphatic carbocycles. The number of halogens is 2. The van der Waals surface area contributed by atoms with Crippen LogP contribution < -0.4 is 10.2 Å². The Morgan fingerprint density at radius 3 is 2.60 bits per heavy atom. The zero-order chi connectivity index (χ0) is 14.5. The van der Waals surface area contributed by atoms with Crippen LogP contribution in [-0.4, -0.2) is 18.6 Å². The van der Waals surface area contributed by atoms with E-state index in [1.165, 1.54) is 12.1 Å². The molecule has 0 amide bonds. The minimum Gasteiger partial charge on any atom is -0.327 e. The summed E-state index contributed by atoms with van der Waals surface area (Å²) in [5.74, 6) is 0.554. The molecule has 2 aromatic rings. The fourth-order valence-corrected chi connectivity index (χ4v) is 2.21. The van der Waals surface area contributed by atoms with Crippen molar-refractivity contribution in [3.63, 3.8) is 0 Å². The van der Waals surface area contributed by atoms with Gasteiger partial charge in [0.05, 0.1) is 5.02 Å². The fraction of sp³-hybridized carbons (Fsp3) is 0.267. The first-order valence-electron chi connectivity index (χ1n) is 6.47. The molecule has 1 aromatic heterocycles. The van der Waals surface area contributed by atoms with E-state index in [0.29, 0.717) is 11.6 Å². The van der Waals surface area contributed by atoms with Gasteiger partial charge in [0.1, 0.15) is 11.6 Å². The molecular formula is C15H17ClFN3. The van der Waals surface area contributed by atoms with Crippen LogP contribution in [0.4, 0.5) is 15.9 Å². The van der Waals surface area contributed by atoms with Gasteiger partial charge in [-0.15, -0.1) is 0 Å². The molecule has 5 heteroatoms. The predicted octanol–water partition coefficient (Wildman–Crippen LogP) is 3.75. The summed E-state index contributed by atoms with van der Waals surface area (Å²) in [7, 11) is 1.87. The van der Waals surface area contributed by atoms with E-state index >= 15 is 0 Å². The van der Waals surface area contributed by atoms with Gasteiger partial charge in [-0.05, 0) is 49.9 Å². The summed E-state index contributed by atoms with van der Waals surface area (Å²) in [6.45, 7) is 3.44. The third kappa shape index (κ3) is 3.26. The first kappa shape index (κ1) is 14.8. The number of anilines is 2. The van der Waals surface area contributed by atoms with Gasteiger partial charge in [0.2, 0.25) is 0 Å². The van der Waals surface area contributed by atoms with Crippen molar-refractivity contribution in [3.05, 3.63) is 52.9 Å². The molecule has 0 saturated heterocycles. The topological polar surface area (TPSA) is 28.2 Å². The smallest absolute Gasteiger partial charge is 0.133 e. The van der Waals surface area contributed by atoms with Crippen LogP contribution >= 0.6 is 11.6 Å². The molecule has 0 spiro atoms. The number of benzene rings is 1. The van der Waals surface area contributed by atoms with Gasteiger partial charge in [-0.1, -0.05) is 11.6 Å². The van der Waals surface area contributed by atoms with Gasteiger partial charge in [0.25, 0.3) is 0 Å². The molecule has 0 radical (unpaired) electrons. The fourth-order valence-electron chi connectivity index (χ4n) is 2.04. The zero-order valence-corrected chi connectivity index (χ0v) is 12.3. The van der Waals surface area contributed by atoms with Crippen molar-refractivity contribution in [1.29, 1.82) is 0 Å². The summed E-state index contributed by atoms with van der Waals surface area (Å²) >= 11 is 6.12. The number of rotatable bonds is 5. The molecule has 0 saturated carbocycles. The number of pyridine rings is 1. The average molecular weight is 294 g/mol. The molecule has 1 N–H and O–H groups in total. The second-order valence-electron chi connectivity index (χ2n) is 4.38. The number of aromatic nitrogens is 1. The van der Waals surface area contributed by atoms with Crippen molar-refractivity contribution in [2.75, 3.05) is 18.5 Å². The van der Waals surface area contributed by atoms with Crippen molar-refractivity contribution in [1.82, 2.24) is 10.3 Å². The van der Waals surface area contributed by atoms with Gasteiger partial charge < -0.3 is 10.2 Å². The lowest BCUT2D eigenvalue weighted by atomic mass is 10.2. The molecule has 0 bridgehead atoms. The van der Waals surface area contributed by atoms with Crippen LogP contribution in [0.3, 0.4) is 0 Å². The Morgan fingerprint density at radius 1 is 1.30 bits per heavy atom. The highest BCUT2D eigenvalue weighted by Gasteiger charge is 2.11. The van der Waals surface area contributed by atoms with Crippen LogP contribution in [0, 0.1) is 5.82 Å². The highest BCUT2D eigenvalue weighted by atomic mass is 35.5. The first-order chi connectivity index (χ1) is 9.65. The highest BCUT2D eigenvalue weighted by Crippen LogP contribution is 2.26. The first-order valence-corrected chi connectivity index (χ1v) is 6.85. The Bertz CT molecular complexity index is 572. The normalized spacial score (nSPS) is 10.6. The van der Waals surface area contributed by atoms with Gasteiger partial charge in [-0.2, -0.15) is 0 Å². The maximum Gasteiger partial charge on any atom is 0.133 e. The third-order valence-corrected chi connectivity index (χ3v) is 3.36. The van der Waals surface area contributed by atoms with E-state index in [9.17, 15) is 4.39 Å². The molecule has 0 aliphatic rings. The Balaban J connectivity index is 2.36. The molecule has 20 heavy (non-hydrogen) atoms. The monoisotopic (exact) mass is 293 g/mol. The molecule has 106 valence electrons. The standard InChI is InChI=1S/C15H17ClFN3/c1-3-20(13-6-4-12(17)5-7-13)15-8-11(9-18-2)14(16)10-19-15/h4-8,10,18H,3,9H2,1-2H3. The molecule has 0 aliphatic heterocycles. The summed E-state index contributed by atoms with van der Waals surface area (Å²) in [4.78, 5) is 6.37. The van der Waals surface area contributed by atoms with Gasteiger partial charge in [-0.3, -0.25) is 0 Å². The molecular weight excluding hydrogens is 277 g/mol. The van der Waals surface area contributed by atoms with E-state index in [-0.39, 0.29) is 5.82 Å². The molecule has 0 atom stereocenters. The molecule has 2 rings (SSSR count). The maximum atomic E-state index is 13.0. The second kappa shape index (κ2) is 6.68. The predicted molar refractivity (Wildman–Crippen MR) is 81.1 cm³/mol. The van der Waals surface area contributed by atoms with E-state index in [1.54, 1.807) is 18.3 Å². The largest absolute Gasteiger partial charge is 0.327 e. The minimum absolute atomic E-state index is 0.246. The maximum absolute atomic E-state index is 13.0. The SMILES string of the molecule is CCN(c1ccc(F)cc1)c1cc(CNC)c(Cl)cn1. The summed E-state index contributed by atoms with van der Waals surface area (Å²) in [5, 5.41) is 3.71. The zero-order valence-electron chi connectivity index (χ0n) is 11.5. The van der Waals surface area contributed by atoms with Gasteiger partial charge in [-0.25, -0.2) is 9.37 Å². The average Bonchev–Trinajstić information content (AvgIpc) is 2.45. The van der Waals surface area contributed by atoms with E-state index in [4.69, 9.17) is 11.6 Å². The molecule has 0 fully saturated rings. The van der Waals surface area contributed by atoms with E-state index in [1.807, 2.05) is 24.9 Å². The summed E-state index contributed by atoms with van der Waals surface area (Å²) in [5.41, 5.74) is 1.89. The Labute approximate surface area is 123 Å². The minimum atomic E-state index is -0.246. The number of hydrogen-bond acceptors (Lipinski definition) is 3. The molecule has 3 nitrogen and oxygen atoms in total. The Kier molecular flexibility index (Phi) is 4.93. The van der Waals surface area contributed by atoms with E-state index in [2.05, 4.69) is 10.3 Å². The highest BCUT2D eigenvalue weighted by molar-refractivity contribution is 6.31. The van der Waals surface area contributed by atoms with Crippen LogP contribution in [0.2, 0.25) is 5.02 Å². The quantitative estimate of drug-likeness (QED) is 0.910. The number of nitrogens with one attached hydrogen (secondary N) is 1. The van der Waals surface area contributed by atoms with Crippen LogP contribution in [0.15, 0.2) is 36.5 Å². The molecule has 1 heterocycles. The van der Waals surface area contributed by atoms with Crippen LogP contribution in [-0.2, 0) is 6.54 Å². The van der Waals surface area contributed by atoms with E-state index in [0.717, 1.165) is 23.6 Å². The van der Waals surface area contributed by atoms with Crippen molar-refractivity contribution in [3.8, 4) is 0 Å². The lowest BCUT2D eigenvalue weighted by molar-refractivity contribution is 0.628. The van der Waals surface area contributed by atoms with Gasteiger partial charge in [0.15, 0.2) is 0 Å². The summed E-state index contributed by atoms with van der Waals surface area (Å²) in [6.07, 6.45) is 1.65. The van der Waals surface area contributed by atoms with Crippen LogP contribution in [0.25, 0.3) is 0 Å². The Morgan fingerprint density at radius 2 is 2.00 bits per heavy atom. The van der Waals surface area contributed by atoms with Gasteiger partial charge in [0, 0.05) is 25.0 Å². The Hall–Kier alpha value is -1.65. The van der Waals surface area contributed by atoms with Gasteiger partial charge >= 0.3 is 0 Å². The van der Waals surface area contributed by atoms with Crippen molar-refractivity contribution >= 4 is 23.1 Å². The molecule has 0 unspecified atom stereocenters. The van der Waals surface area contributed by atoms with Crippen molar-refractivity contribution < 1.29 is 4.39 Å². The third-order valence-electron chi connectivity index (χ3n) is 3.02. The van der Waals surface area contributed by atoms with Crippen molar-refractivity contribution in [2.45, 2.75) is 13.5 Å². The number of hydrogen-bond donors (Lipinski definition) is 1. The summed E-state index contributed by atoms with van der Waals surface area (Å²) < 4.78 is 13.0. The van der Waals surface area contributed by atoms with Crippen LogP contribution in [0.5, 0.6) is 0 Å². The lowest BCUT2D eigenvalue weighted by Crippen LogP contribution is -2.18.